The summed E-state index contributed by atoms with van der Waals surface area (Å²) in [4.78, 5) is 4.27. The third-order valence-electron chi connectivity index (χ3n) is 3.59. The lowest BCUT2D eigenvalue weighted by molar-refractivity contribution is 0.609. The van der Waals surface area contributed by atoms with Gasteiger partial charge in [0, 0.05) is 12.2 Å². The Hall–Kier alpha value is -2.34. The van der Waals surface area contributed by atoms with E-state index in [4.69, 9.17) is 5.26 Å². The SMILES string of the molecule is N#Cc1ccc(NC2CCc3ccccc3C2)nc1. The zero-order valence-corrected chi connectivity index (χ0v) is 10.6. The molecule has 0 saturated carbocycles. The molecule has 1 aliphatic rings. The molecule has 19 heavy (non-hydrogen) atoms. The largest absolute Gasteiger partial charge is 0.367 e. The van der Waals surface area contributed by atoms with E-state index in [0.29, 0.717) is 11.6 Å². The molecule has 3 heteroatoms. The highest BCUT2D eigenvalue weighted by Gasteiger charge is 2.18. The molecule has 0 spiro atoms. The van der Waals surface area contributed by atoms with E-state index in [1.807, 2.05) is 6.07 Å². The van der Waals surface area contributed by atoms with Crippen molar-refractivity contribution in [2.24, 2.45) is 0 Å². The van der Waals surface area contributed by atoms with Crippen molar-refractivity contribution in [3.8, 4) is 6.07 Å². The van der Waals surface area contributed by atoms with Gasteiger partial charge < -0.3 is 5.32 Å². The Morgan fingerprint density at radius 3 is 2.74 bits per heavy atom. The number of pyridine rings is 1. The minimum absolute atomic E-state index is 0.426. The van der Waals surface area contributed by atoms with Crippen molar-refractivity contribution < 1.29 is 0 Å². The van der Waals surface area contributed by atoms with Gasteiger partial charge in [-0.25, -0.2) is 4.98 Å². The zero-order chi connectivity index (χ0) is 13.1. The molecular formula is C16H15N3. The fourth-order valence-electron chi connectivity index (χ4n) is 2.58. The molecule has 94 valence electrons. The van der Waals surface area contributed by atoms with Crippen molar-refractivity contribution in [1.29, 1.82) is 5.26 Å². The molecule has 1 aromatic heterocycles. The third-order valence-corrected chi connectivity index (χ3v) is 3.59. The van der Waals surface area contributed by atoms with E-state index in [-0.39, 0.29) is 0 Å². The summed E-state index contributed by atoms with van der Waals surface area (Å²) in [5.74, 6) is 0.850. The zero-order valence-electron chi connectivity index (χ0n) is 10.6. The minimum Gasteiger partial charge on any atom is -0.367 e. The standard InChI is InChI=1S/C16H15N3/c17-10-12-5-8-16(18-11-12)19-15-7-6-13-3-1-2-4-14(13)9-15/h1-5,8,11,15H,6-7,9H2,(H,18,19). The monoisotopic (exact) mass is 249 g/mol. The fourth-order valence-corrected chi connectivity index (χ4v) is 2.58. The number of benzene rings is 1. The highest BCUT2D eigenvalue weighted by atomic mass is 15.0. The number of anilines is 1. The molecular weight excluding hydrogens is 234 g/mol. The third kappa shape index (κ3) is 2.58. The van der Waals surface area contributed by atoms with Gasteiger partial charge in [0.15, 0.2) is 0 Å². The molecule has 1 unspecified atom stereocenters. The maximum absolute atomic E-state index is 8.75. The van der Waals surface area contributed by atoms with Gasteiger partial charge in [-0.1, -0.05) is 24.3 Å². The summed E-state index contributed by atoms with van der Waals surface area (Å²) in [6.45, 7) is 0. The minimum atomic E-state index is 0.426. The summed E-state index contributed by atoms with van der Waals surface area (Å²) in [5.41, 5.74) is 3.49. The first-order valence-corrected chi connectivity index (χ1v) is 6.54. The molecule has 0 amide bonds. The number of aryl methyl sites for hydroxylation is 1. The number of rotatable bonds is 2. The molecule has 1 heterocycles. The van der Waals surface area contributed by atoms with Crippen molar-refractivity contribution in [3.63, 3.8) is 0 Å². The fraction of sp³-hybridized carbons (Fsp3) is 0.250. The molecule has 3 rings (SSSR count). The Labute approximate surface area is 112 Å². The Morgan fingerprint density at radius 2 is 2.00 bits per heavy atom. The maximum atomic E-state index is 8.75. The van der Waals surface area contributed by atoms with Crippen LogP contribution in [0.15, 0.2) is 42.6 Å². The van der Waals surface area contributed by atoms with Crippen LogP contribution < -0.4 is 5.32 Å². The molecule has 0 aliphatic heterocycles. The second-order valence-corrected chi connectivity index (χ2v) is 4.90. The summed E-state index contributed by atoms with van der Waals surface area (Å²) < 4.78 is 0. The van der Waals surface area contributed by atoms with Gasteiger partial charge in [-0.2, -0.15) is 5.26 Å². The van der Waals surface area contributed by atoms with Crippen LogP contribution in [0.4, 0.5) is 5.82 Å². The van der Waals surface area contributed by atoms with Crippen molar-refractivity contribution >= 4 is 5.82 Å². The molecule has 1 aliphatic carbocycles. The Kier molecular flexibility index (Phi) is 3.16. The van der Waals surface area contributed by atoms with Gasteiger partial charge in [-0.3, -0.25) is 0 Å². The van der Waals surface area contributed by atoms with E-state index < -0.39 is 0 Å². The molecule has 0 bridgehead atoms. The maximum Gasteiger partial charge on any atom is 0.126 e. The van der Waals surface area contributed by atoms with Gasteiger partial charge >= 0.3 is 0 Å². The van der Waals surface area contributed by atoms with Crippen molar-refractivity contribution in [1.82, 2.24) is 4.98 Å². The lowest BCUT2D eigenvalue weighted by Gasteiger charge is -2.25. The quantitative estimate of drug-likeness (QED) is 0.890. The van der Waals surface area contributed by atoms with Crippen LogP contribution in [0.1, 0.15) is 23.1 Å². The molecule has 1 aromatic carbocycles. The predicted octanol–water partition coefficient (Wildman–Crippen LogP) is 2.92. The van der Waals surface area contributed by atoms with Crippen molar-refractivity contribution in [3.05, 3.63) is 59.3 Å². The second kappa shape index (κ2) is 5.11. The van der Waals surface area contributed by atoms with Crippen molar-refractivity contribution in [2.45, 2.75) is 25.3 Å². The lowest BCUT2D eigenvalue weighted by atomic mass is 9.88. The van der Waals surface area contributed by atoms with E-state index in [0.717, 1.165) is 25.1 Å². The van der Waals surface area contributed by atoms with E-state index in [9.17, 15) is 0 Å². The van der Waals surface area contributed by atoms with E-state index in [2.05, 4.69) is 40.6 Å². The summed E-state index contributed by atoms with van der Waals surface area (Å²) in [6.07, 6.45) is 4.89. The van der Waals surface area contributed by atoms with Gasteiger partial charge in [0.1, 0.15) is 11.9 Å². The summed E-state index contributed by atoms with van der Waals surface area (Å²) in [6, 6.07) is 14.8. The molecule has 0 saturated heterocycles. The average Bonchev–Trinajstić information content (AvgIpc) is 2.48. The van der Waals surface area contributed by atoms with Crippen LogP contribution in [-0.2, 0) is 12.8 Å². The van der Waals surface area contributed by atoms with Gasteiger partial charge in [0.05, 0.1) is 5.56 Å². The first-order valence-electron chi connectivity index (χ1n) is 6.54. The number of fused-ring (bicyclic) bond motifs is 1. The molecule has 1 atom stereocenters. The number of nitrogens with one attached hydrogen (secondary N) is 1. The number of nitriles is 1. The highest BCUT2D eigenvalue weighted by Crippen LogP contribution is 2.23. The second-order valence-electron chi connectivity index (χ2n) is 4.90. The van der Waals surface area contributed by atoms with E-state index in [1.54, 1.807) is 12.3 Å². The number of hydrogen-bond donors (Lipinski definition) is 1. The van der Waals surface area contributed by atoms with Gasteiger partial charge in [-0.05, 0) is 42.5 Å². The van der Waals surface area contributed by atoms with Crippen LogP contribution >= 0.6 is 0 Å². The first kappa shape index (κ1) is 11.7. The van der Waals surface area contributed by atoms with Crippen LogP contribution in [0, 0.1) is 11.3 Å². The van der Waals surface area contributed by atoms with Crippen LogP contribution in [0.2, 0.25) is 0 Å². The van der Waals surface area contributed by atoms with E-state index >= 15 is 0 Å². The van der Waals surface area contributed by atoms with Crippen LogP contribution in [0.5, 0.6) is 0 Å². The van der Waals surface area contributed by atoms with Gasteiger partial charge in [-0.15, -0.1) is 0 Å². The topological polar surface area (TPSA) is 48.7 Å². The van der Waals surface area contributed by atoms with Crippen molar-refractivity contribution in [2.75, 3.05) is 5.32 Å². The lowest BCUT2D eigenvalue weighted by Crippen LogP contribution is -2.27. The molecule has 1 N–H and O–H groups in total. The summed E-state index contributed by atoms with van der Waals surface area (Å²) in [7, 11) is 0. The van der Waals surface area contributed by atoms with Crippen LogP contribution in [-0.4, -0.2) is 11.0 Å². The predicted molar refractivity (Wildman–Crippen MR) is 74.8 cm³/mol. The smallest absolute Gasteiger partial charge is 0.126 e. The Bertz CT molecular complexity index is 611. The molecule has 0 fully saturated rings. The number of hydrogen-bond acceptors (Lipinski definition) is 3. The van der Waals surface area contributed by atoms with E-state index in [1.165, 1.54) is 11.1 Å². The number of aromatic nitrogens is 1. The van der Waals surface area contributed by atoms with Crippen LogP contribution in [0.25, 0.3) is 0 Å². The highest BCUT2D eigenvalue weighted by molar-refractivity contribution is 5.41. The molecule has 2 aromatic rings. The first-order chi connectivity index (χ1) is 9.35. The molecule has 3 nitrogen and oxygen atoms in total. The van der Waals surface area contributed by atoms with Gasteiger partial charge in [0.25, 0.3) is 0 Å². The van der Waals surface area contributed by atoms with Crippen LogP contribution in [0.3, 0.4) is 0 Å². The average molecular weight is 249 g/mol. The normalized spacial score (nSPS) is 17.3. The molecule has 0 radical (unpaired) electrons. The summed E-state index contributed by atoms with van der Waals surface area (Å²) >= 11 is 0. The van der Waals surface area contributed by atoms with Gasteiger partial charge in [0.2, 0.25) is 0 Å². The Balaban J connectivity index is 1.70. The number of nitrogens with zero attached hydrogens (tertiary/aromatic N) is 2. The summed E-state index contributed by atoms with van der Waals surface area (Å²) in [5, 5.41) is 12.2. The Morgan fingerprint density at radius 1 is 1.16 bits per heavy atom.